The maximum absolute atomic E-state index is 12.9. The lowest BCUT2D eigenvalue weighted by Crippen LogP contribution is -2.44. The Morgan fingerprint density at radius 1 is 1.26 bits per heavy atom. The van der Waals surface area contributed by atoms with Gasteiger partial charge in [-0.1, -0.05) is 6.07 Å². The number of likely N-dealkylation sites (tertiary alicyclic amines) is 1. The van der Waals surface area contributed by atoms with Gasteiger partial charge in [-0.15, -0.1) is 0 Å². The molecule has 0 saturated carbocycles. The highest BCUT2D eigenvalue weighted by molar-refractivity contribution is 7.89. The number of hydrogen-bond acceptors (Lipinski definition) is 5. The fraction of sp³-hybridized carbons (Fsp3) is 0.550. The molecule has 1 N–H and O–H groups in total. The van der Waals surface area contributed by atoms with Crippen molar-refractivity contribution in [2.24, 2.45) is 0 Å². The summed E-state index contributed by atoms with van der Waals surface area (Å²) in [5.74, 6) is -0.107. The Balaban J connectivity index is 1.54. The molecule has 2 aliphatic rings. The summed E-state index contributed by atoms with van der Waals surface area (Å²) in [4.78, 5) is 19.0. The van der Waals surface area contributed by atoms with Gasteiger partial charge in [0.15, 0.2) is 6.61 Å². The summed E-state index contributed by atoms with van der Waals surface area (Å²) >= 11 is 0. The van der Waals surface area contributed by atoms with Gasteiger partial charge in [0.2, 0.25) is 10.0 Å². The maximum atomic E-state index is 12.9. The third kappa shape index (κ3) is 5.78. The molecule has 0 radical (unpaired) electrons. The zero-order valence-electron chi connectivity index (χ0n) is 17.2. The first-order valence-corrected chi connectivity index (χ1v) is 11.6. The quantitative estimate of drug-likeness (QED) is 0.659. The summed E-state index contributed by atoms with van der Waals surface area (Å²) < 4.78 is 65.2. The van der Waals surface area contributed by atoms with Crippen LogP contribution in [0.25, 0.3) is 0 Å². The van der Waals surface area contributed by atoms with Gasteiger partial charge in [-0.05, 0) is 50.5 Å². The molecule has 1 atom stereocenters. The first-order valence-electron chi connectivity index (χ1n) is 10.1. The number of carbonyl (C=O) groups excluding carboxylic acids is 1. The molecule has 0 aliphatic carbocycles. The molecule has 7 nitrogen and oxygen atoms in total. The Kier molecular flexibility index (Phi) is 7.28. The average molecular weight is 462 g/mol. The molecule has 172 valence electrons. The van der Waals surface area contributed by atoms with E-state index in [1.165, 1.54) is 0 Å². The number of carbonyl (C=O) groups is 1. The molecule has 1 saturated heterocycles. The summed E-state index contributed by atoms with van der Waals surface area (Å²) in [5.41, 5.74) is 2.30. The van der Waals surface area contributed by atoms with Crippen molar-refractivity contribution in [3.05, 3.63) is 41.6 Å². The topological polar surface area (TPSA) is 79.0 Å². The van der Waals surface area contributed by atoms with Crippen molar-refractivity contribution in [1.29, 1.82) is 0 Å². The van der Waals surface area contributed by atoms with Crippen LogP contribution in [0.4, 0.5) is 13.2 Å². The van der Waals surface area contributed by atoms with E-state index >= 15 is 0 Å². The molecule has 1 aromatic carbocycles. The fourth-order valence-corrected chi connectivity index (χ4v) is 5.11. The Morgan fingerprint density at radius 2 is 2.03 bits per heavy atom. The molecule has 2 heterocycles. The van der Waals surface area contributed by atoms with Gasteiger partial charge in [0, 0.05) is 37.8 Å². The average Bonchev–Trinajstić information content (AvgIpc) is 2.74. The minimum Gasteiger partial charge on any atom is -0.338 e. The van der Waals surface area contributed by atoms with Crippen molar-refractivity contribution in [2.75, 3.05) is 26.2 Å². The molecule has 0 spiro atoms. The van der Waals surface area contributed by atoms with E-state index in [1.807, 2.05) is 6.92 Å². The number of sulfonamides is 1. The van der Waals surface area contributed by atoms with Crippen molar-refractivity contribution >= 4 is 15.9 Å². The second-order valence-electron chi connectivity index (χ2n) is 7.69. The van der Waals surface area contributed by atoms with Gasteiger partial charge in [0.1, 0.15) is 0 Å². The molecular formula is C20H26F3N3O4S. The second kappa shape index (κ2) is 9.58. The minimum absolute atomic E-state index is 0.0125. The summed E-state index contributed by atoms with van der Waals surface area (Å²) in [7, 11) is -4.06. The molecular weight excluding hydrogens is 435 g/mol. The van der Waals surface area contributed by atoms with E-state index in [1.54, 1.807) is 11.0 Å². The number of amides is 1. The number of halogens is 3. The predicted octanol–water partition coefficient (Wildman–Crippen LogP) is 2.91. The van der Waals surface area contributed by atoms with Gasteiger partial charge in [-0.3, -0.25) is 15.1 Å². The predicted molar refractivity (Wildman–Crippen MR) is 107 cm³/mol. The SMILES string of the molecule is CC1CCCCN1C(=O)CONC1=CCN(S(=O)(=O)c2cccc(C(F)(F)F)c2)CC1. The normalized spacial score (nSPS) is 21.0. The molecule has 0 bridgehead atoms. The highest BCUT2D eigenvalue weighted by Gasteiger charge is 2.33. The van der Waals surface area contributed by atoms with Gasteiger partial charge in [-0.25, -0.2) is 8.42 Å². The highest BCUT2D eigenvalue weighted by atomic mass is 32.2. The van der Waals surface area contributed by atoms with Crippen molar-refractivity contribution < 1.29 is 31.2 Å². The number of rotatable bonds is 6. The molecule has 3 rings (SSSR count). The van der Waals surface area contributed by atoms with Gasteiger partial charge in [0.25, 0.3) is 5.91 Å². The van der Waals surface area contributed by atoms with E-state index in [4.69, 9.17) is 4.84 Å². The Bertz CT molecular complexity index is 934. The Labute approximate surface area is 179 Å². The molecule has 1 aromatic rings. The lowest BCUT2D eigenvalue weighted by Gasteiger charge is -2.33. The number of benzene rings is 1. The van der Waals surface area contributed by atoms with Crippen molar-refractivity contribution in [3.8, 4) is 0 Å². The number of hydrogen-bond donors (Lipinski definition) is 1. The summed E-state index contributed by atoms with van der Waals surface area (Å²) in [6, 6.07) is 3.90. The highest BCUT2D eigenvalue weighted by Crippen LogP contribution is 2.31. The zero-order chi connectivity index (χ0) is 22.6. The smallest absolute Gasteiger partial charge is 0.338 e. The van der Waals surface area contributed by atoms with E-state index in [2.05, 4.69) is 5.48 Å². The first kappa shape index (κ1) is 23.6. The van der Waals surface area contributed by atoms with Gasteiger partial charge in [0.05, 0.1) is 10.5 Å². The van der Waals surface area contributed by atoms with Crippen molar-refractivity contribution in [2.45, 2.75) is 49.7 Å². The minimum atomic E-state index is -4.62. The van der Waals surface area contributed by atoms with E-state index in [0.717, 1.165) is 41.8 Å². The van der Waals surface area contributed by atoms with Crippen LogP contribution in [-0.2, 0) is 25.8 Å². The lowest BCUT2D eigenvalue weighted by atomic mass is 10.0. The van der Waals surface area contributed by atoms with Crippen LogP contribution in [0.15, 0.2) is 40.9 Å². The monoisotopic (exact) mass is 461 g/mol. The molecule has 1 unspecified atom stereocenters. The molecule has 2 aliphatic heterocycles. The van der Waals surface area contributed by atoms with Crippen molar-refractivity contribution in [1.82, 2.24) is 14.7 Å². The fourth-order valence-electron chi connectivity index (χ4n) is 3.69. The standard InChI is InChI=1S/C20H26F3N3O4S/c1-15-5-2-3-10-26(15)19(27)14-30-24-17-8-11-25(12-9-17)31(28,29)18-7-4-6-16(13-18)20(21,22)23/h4,6-8,13,15,24H,2-3,5,9-12,14H2,1H3. The number of piperidine rings is 1. The molecule has 0 aromatic heterocycles. The van der Waals surface area contributed by atoms with Gasteiger partial charge >= 0.3 is 6.18 Å². The number of alkyl halides is 3. The zero-order valence-corrected chi connectivity index (χ0v) is 18.0. The largest absolute Gasteiger partial charge is 0.416 e. The lowest BCUT2D eigenvalue weighted by molar-refractivity contribution is -0.141. The van der Waals surface area contributed by atoms with Crippen LogP contribution in [0.2, 0.25) is 0 Å². The number of hydroxylamine groups is 1. The van der Waals surface area contributed by atoms with Crippen LogP contribution in [0.5, 0.6) is 0 Å². The van der Waals surface area contributed by atoms with Gasteiger partial charge in [-0.2, -0.15) is 17.5 Å². The van der Waals surface area contributed by atoms with Gasteiger partial charge < -0.3 is 4.90 Å². The van der Waals surface area contributed by atoms with E-state index in [9.17, 15) is 26.4 Å². The van der Waals surface area contributed by atoms with Crippen LogP contribution in [0, 0.1) is 0 Å². The van der Waals surface area contributed by atoms with E-state index in [-0.39, 0.29) is 38.1 Å². The summed E-state index contributed by atoms with van der Waals surface area (Å²) in [5, 5.41) is 0. The molecule has 1 amide bonds. The van der Waals surface area contributed by atoms with E-state index in [0.29, 0.717) is 18.3 Å². The first-order chi connectivity index (χ1) is 14.6. The van der Waals surface area contributed by atoms with Crippen LogP contribution >= 0.6 is 0 Å². The van der Waals surface area contributed by atoms with Crippen LogP contribution in [0.3, 0.4) is 0 Å². The molecule has 1 fully saturated rings. The number of nitrogens with one attached hydrogen (secondary N) is 1. The second-order valence-corrected chi connectivity index (χ2v) is 9.63. The third-order valence-corrected chi connectivity index (χ3v) is 7.35. The summed E-state index contributed by atoms with van der Waals surface area (Å²) in [6.07, 6.45) is 0.308. The van der Waals surface area contributed by atoms with E-state index < -0.39 is 26.7 Å². The number of nitrogens with zero attached hydrogens (tertiary/aromatic N) is 2. The van der Waals surface area contributed by atoms with Crippen LogP contribution in [0.1, 0.15) is 38.2 Å². The molecule has 11 heteroatoms. The maximum Gasteiger partial charge on any atom is 0.416 e. The van der Waals surface area contributed by atoms with Crippen LogP contribution < -0.4 is 5.48 Å². The summed E-state index contributed by atoms with van der Waals surface area (Å²) in [6.45, 7) is 2.66. The third-order valence-electron chi connectivity index (χ3n) is 5.49. The molecule has 31 heavy (non-hydrogen) atoms. The van der Waals surface area contributed by atoms with Crippen LogP contribution in [-0.4, -0.2) is 55.8 Å². The Hall–Kier alpha value is -2.11. The van der Waals surface area contributed by atoms with Crippen molar-refractivity contribution in [3.63, 3.8) is 0 Å². The Morgan fingerprint density at radius 3 is 2.68 bits per heavy atom.